The van der Waals surface area contributed by atoms with E-state index in [0.717, 1.165) is 5.56 Å². The van der Waals surface area contributed by atoms with Crippen LogP contribution in [0.2, 0.25) is 0 Å². The second-order valence-corrected chi connectivity index (χ2v) is 5.70. The van der Waals surface area contributed by atoms with Gasteiger partial charge in [0.05, 0.1) is 11.9 Å². The minimum atomic E-state index is -0.479. The molecule has 0 saturated carbocycles. The zero-order valence-corrected chi connectivity index (χ0v) is 13.4. The quantitative estimate of drug-likeness (QED) is 0.619. The lowest BCUT2D eigenvalue weighted by atomic mass is 10.1. The summed E-state index contributed by atoms with van der Waals surface area (Å²) in [5.41, 5.74) is 1.79. The highest BCUT2D eigenvalue weighted by Gasteiger charge is 2.13. The molecule has 0 radical (unpaired) electrons. The molecule has 0 atom stereocenters. The Bertz CT molecular complexity index is 1160. The van der Waals surface area contributed by atoms with Gasteiger partial charge in [-0.25, -0.2) is 0 Å². The maximum atomic E-state index is 12.3. The first-order valence-corrected chi connectivity index (χ1v) is 7.73. The highest BCUT2D eigenvalue weighted by atomic mass is 16.3. The number of rotatable bonds is 3. The number of nitrogens with one attached hydrogen (secondary N) is 1. The molecule has 1 aromatic carbocycles. The number of benzene rings is 1. The van der Waals surface area contributed by atoms with E-state index in [-0.39, 0.29) is 17.7 Å². The molecular weight excluding hydrogens is 320 g/mol. The molecule has 0 aliphatic carbocycles. The number of pyridine rings is 1. The van der Waals surface area contributed by atoms with Crippen LogP contribution in [0.1, 0.15) is 21.9 Å². The van der Waals surface area contributed by atoms with Gasteiger partial charge in [-0.05, 0) is 31.2 Å². The van der Waals surface area contributed by atoms with E-state index < -0.39 is 5.91 Å². The molecule has 0 aliphatic heterocycles. The van der Waals surface area contributed by atoms with E-state index >= 15 is 0 Å². The zero-order valence-electron chi connectivity index (χ0n) is 13.4. The summed E-state index contributed by atoms with van der Waals surface area (Å²) in [4.78, 5) is 24.5. The third-order valence-electron chi connectivity index (χ3n) is 3.90. The summed E-state index contributed by atoms with van der Waals surface area (Å²) in [5.74, 6) is 0.0742. The number of aryl methyl sites for hydroxylation is 1. The number of fused-ring (bicyclic) bond motifs is 2. The Balaban J connectivity index is 1.60. The Labute approximate surface area is 141 Å². The lowest BCUT2D eigenvalue weighted by Crippen LogP contribution is -2.25. The first-order valence-electron chi connectivity index (χ1n) is 7.73. The minimum absolute atomic E-state index is 0.0322. The van der Waals surface area contributed by atoms with Crippen LogP contribution >= 0.6 is 0 Å². The molecule has 25 heavy (non-hydrogen) atoms. The summed E-state index contributed by atoms with van der Waals surface area (Å²) < 4.78 is 7.34. The average Bonchev–Trinajstić information content (AvgIpc) is 3.03. The normalized spacial score (nSPS) is 11.1. The zero-order chi connectivity index (χ0) is 17.4. The van der Waals surface area contributed by atoms with Crippen LogP contribution in [-0.4, -0.2) is 20.5 Å². The summed E-state index contributed by atoms with van der Waals surface area (Å²) in [6.07, 6.45) is 1.81. The molecule has 0 saturated heterocycles. The molecule has 3 heterocycles. The maximum absolute atomic E-state index is 12.3. The van der Waals surface area contributed by atoms with Crippen LogP contribution in [0.3, 0.4) is 0 Å². The van der Waals surface area contributed by atoms with Crippen molar-refractivity contribution >= 4 is 22.5 Å². The van der Waals surface area contributed by atoms with Gasteiger partial charge >= 0.3 is 0 Å². The van der Waals surface area contributed by atoms with Crippen molar-refractivity contribution in [3.8, 4) is 0 Å². The standard InChI is InChI=1S/C18H14N4O3/c1-11-5-6-14-12(8-11)13(23)9-15(25-14)18(24)19-10-17-21-20-16-4-2-3-7-22(16)17/h2-9H,10H2,1H3,(H,19,24). The van der Waals surface area contributed by atoms with E-state index in [0.29, 0.717) is 22.4 Å². The Kier molecular flexibility index (Phi) is 3.53. The van der Waals surface area contributed by atoms with E-state index in [1.165, 1.54) is 6.07 Å². The summed E-state index contributed by atoms with van der Waals surface area (Å²) in [6.45, 7) is 2.06. The summed E-state index contributed by atoms with van der Waals surface area (Å²) in [6, 6.07) is 12.0. The lowest BCUT2D eigenvalue weighted by molar-refractivity contribution is 0.0922. The smallest absolute Gasteiger partial charge is 0.287 e. The van der Waals surface area contributed by atoms with Gasteiger partial charge < -0.3 is 9.73 Å². The van der Waals surface area contributed by atoms with Crippen molar-refractivity contribution in [2.75, 3.05) is 0 Å². The van der Waals surface area contributed by atoms with E-state index in [4.69, 9.17) is 4.42 Å². The number of carbonyl (C=O) groups excluding carboxylic acids is 1. The SMILES string of the molecule is Cc1ccc2oc(C(=O)NCc3nnc4ccccn34)cc(=O)c2c1. The average molecular weight is 334 g/mol. The summed E-state index contributed by atoms with van der Waals surface area (Å²) >= 11 is 0. The van der Waals surface area contributed by atoms with Crippen LogP contribution < -0.4 is 10.7 Å². The van der Waals surface area contributed by atoms with Crippen LogP contribution in [0.5, 0.6) is 0 Å². The topological polar surface area (TPSA) is 89.5 Å². The van der Waals surface area contributed by atoms with Gasteiger partial charge in [-0.2, -0.15) is 0 Å². The van der Waals surface area contributed by atoms with Crippen LogP contribution in [0.4, 0.5) is 0 Å². The van der Waals surface area contributed by atoms with Crippen LogP contribution in [-0.2, 0) is 6.54 Å². The van der Waals surface area contributed by atoms with E-state index in [1.807, 2.05) is 37.4 Å². The van der Waals surface area contributed by atoms with E-state index in [9.17, 15) is 9.59 Å². The lowest BCUT2D eigenvalue weighted by Gasteiger charge is -2.05. The maximum Gasteiger partial charge on any atom is 0.287 e. The van der Waals surface area contributed by atoms with Crippen molar-refractivity contribution in [1.82, 2.24) is 19.9 Å². The third kappa shape index (κ3) is 2.76. The Morgan fingerprint density at radius 1 is 1.20 bits per heavy atom. The van der Waals surface area contributed by atoms with Gasteiger partial charge in [-0.1, -0.05) is 17.7 Å². The van der Waals surface area contributed by atoms with Gasteiger partial charge in [-0.15, -0.1) is 10.2 Å². The first kappa shape index (κ1) is 15.1. The van der Waals surface area contributed by atoms with Crippen molar-refractivity contribution < 1.29 is 9.21 Å². The highest BCUT2D eigenvalue weighted by molar-refractivity contribution is 5.93. The van der Waals surface area contributed by atoms with Gasteiger partial charge in [0.15, 0.2) is 22.7 Å². The molecule has 7 heteroatoms. The molecular formula is C18H14N4O3. The molecule has 0 spiro atoms. The molecule has 4 aromatic rings. The molecule has 0 bridgehead atoms. The second kappa shape index (κ2) is 5.86. The van der Waals surface area contributed by atoms with Crippen LogP contribution in [0, 0.1) is 6.92 Å². The fraction of sp³-hybridized carbons (Fsp3) is 0.111. The van der Waals surface area contributed by atoms with Crippen molar-refractivity contribution in [2.45, 2.75) is 13.5 Å². The Morgan fingerprint density at radius 2 is 2.08 bits per heavy atom. The monoisotopic (exact) mass is 334 g/mol. The minimum Gasteiger partial charge on any atom is -0.451 e. The molecule has 1 N–H and O–H groups in total. The molecule has 3 aromatic heterocycles. The molecule has 124 valence electrons. The fourth-order valence-electron chi connectivity index (χ4n) is 2.64. The third-order valence-corrected chi connectivity index (χ3v) is 3.90. The van der Waals surface area contributed by atoms with Crippen LogP contribution in [0.25, 0.3) is 16.6 Å². The number of aromatic nitrogens is 3. The van der Waals surface area contributed by atoms with Crippen molar-refractivity contribution in [3.05, 3.63) is 76.0 Å². The van der Waals surface area contributed by atoms with Crippen molar-refractivity contribution in [2.24, 2.45) is 0 Å². The largest absolute Gasteiger partial charge is 0.451 e. The molecule has 0 fully saturated rings. The number of hydrogen-bond donors (Lipinski definition) is 1. The number of amides is 1. The predicted molar refractivity (Wildman–Crippen MR) is 91.4 cm³/mol. The number of hydrogen-bond acceptors (Lipinski definition) is 5. The molecule has 4 rings (SSSR count). The van der Waals surface area contributed by atoms with Gasteiger partial charge in [-0.3, -0.25) is 14.0 Å². The van der Waals surface area contributed by atoms with Gasteiger partial charge in [0.1, 0.15) is 5.58 Å². The molecule has 7 nitrogen and oxygen atoms in total. The van der Waals surface area contributed by atoms with Gasteiger partial charge in [0.25, 0.3) is 5.91 Å². The van der Waals surface area contributed by atoms with E-state index in [1.54, 1.807) is 16.5 Å². The van der Waals surface area contributed by atoms with Crippen molar-refractivity contribution in [3.63, 3.8) is 0 Å². The first-order chi connectivity index (χ1) is 12.1. The predicted octanol–water partition coefficient (Wildman–Crippen LogP) is 2.07. The van der Waals surface area contributed by atoms with Gasteiger partial charge in [0, 0.05) is 12.3 Å². The van der Waals surface area contributed by atoms with E-state index in [2.05, 4.69) is 15.5 Å². The molecule has 0 unspecified atom stereocenters. The Morgan fingerprint density at radius 3 is 2.96 bits per heavy atom. The number of carbonyl (C=O) groups is 1. The fourth-order valence-corrected chi connectivity index (χ4v) is 2.64. The molecule has 1 amide bonds. The molecule has 0 aliphatic rings. The highest BCUT2D eigenvalue weighted by Crippen LogP contribution is 2.14. The second-order valence-electron chi connectivity index (χ2n) is 5.70. The number of nitrogens with zero attached hydrogens (tertiary/aromatic N) is 3. The van der Waals surface area contributed by atoms with Gasteiger partial charge in [0.2, 0.25) is 0 Å². The summed E-state index contributed by atoms with van der Waals surface area (Å²) in [7, 11) is 0. The summed E-state index contributed by atoms with van der Waals surface area (Å²) in [5, 5.41) is 11.2. The van der Waals surface area contributed by atoms with Crippen LogP contribution in [0.15, 0.2) is 57.9 Å². The Hall–Kier alpha value is -3.48. The van der Waals surface area contributed by atoms with Crippen molar-refractivity contribution in [1.29, 1.82) is 0 Å².